The quantitative estimate of drug-likeness (QED) is 0.269. The summed E-state index contributed by atoms with van der Waals surface area (Å²) in [6.45, 7) is 13.9. The molecular formula is C30H36O3. The number of benzene rings is 2. The molecule has 174 valence electrons. The lowest BCUT2D eigenvalue weighted by Gasteiger charge is -2.42. The van der Waals surface area contributed by atoms with Gasteiger partial charge >= 0.3 is 5.97 Å². The number of rotatable bonds is 6. The number of fused-ring (bicyclic) bond motifs is 1. The molecule has 1 aliphatic rings. The molecule has 2 aromatic carbocycles. The number of carbonyl (C=O) groups excluding carboxylic acids is 1. The summed E-state index contributed by atoms with van der Waals surface area (Å²) in [6, 6.07) is 12.0. The van der Waals surface area contributed by atoms with E-state index >= 15 is 0 Å². The lowest BCUT2D eigenvalue weighted by Crippen LogP contribution is -2.34. The summed E-state index contributed by atoms with van der Waals surface area (Å²) in [5, 5.41) is 0. The van der Waals surface area contributed by atoms with Crippen LogP contribution in [-0.2, 0) is 15.6 Å². The Bertz CT molecular complexity index is 1080. The van der Waals surface area contributed by atoms with Crippen molar-refractivity contribution in [2.24, 2.45) is 0 Å². The third kappa shape index (κ3) is 5.88. The number of carbonyl (C=O) groups is 1. The van der Waals surface area contributed by atoms with Gasteiger partial charge in [0.05, 0.1) is 12.2 Å². The molecule has 3 heteroatoms. The Hall–Kier alpha value is -2.99. The Morgan fingerprint density at radius 3 is 2.18 bits per heavy atom. The molecule has 0 amide bonds. The SMILES string of the molecule is CCC#CCOc1cc2c(cc1C=Cc1ccc(C(=O)OCC)cc1)C(C)(C)CCC2(C)C. The van der Waals surface area contributed by atoms with Gasteiger partial charge in [0.2, 0.25) is 0 Å². The zero-order chi connectivity index (χ0) is 24.1. The fourth-order valence-electron chi connectivity index (χ4n) is 4.29. The van der Waals surface area contributed by atoms with E-state index in [1.165, 1.54) is 11.1 Å². The summed E-state index contributed by atoms with van der Waals surface area (Å²) in [7, 11) is 0. The zero-order valence-electron chi connectivity index (χ0n) is 20.9. The standard InChI is InChI=1S/C30H36O3/c1-7-9-10-19-33-27-21-26-25(29(3,4)17-18-30(26,5)6)20-24(27)16-13-22-11-14-23(15-12-22)28(31)32-8-2/h11-16,20-21H,7-8,17-19H2,1-6H3. The van der Waals surface area contributed by atoms with E-state index in [1.807, 2.05) is 26.0 Å². The third-order valence-corrected chi connectivity index (χ3v) is 6.46. The minimum absolute atomic E-state index is 0.114. The van der Waals surface area contributed by atoms with Crippen LogP contribution in [0, 0.1) is 11.8 Å². The first-order valence-corrected chi connectivity index (χ1v) is 11.9. The topological polar surface area (TPSA) is 35.5 Å². The van der Waals surface area contributed by atoms with Gasteiger partial charge in [-0.3, -0.25) is 0 Å². The summed E-state index contributed by atoms with van der Waals surface area (Å²) < 4.78 is 11.2. The van der Waals surface area contributed by atoms with Crippen LogP contribution in [-0.4, -0.2) is 19.2 Å². The average molecular weight is 445 g/mol. The van der Waals surface area contributed by atoms with Gasteiger partial charge in [-0.25, -0.2) is 4.79 Å². The third-order valence-electron chi connectivity index (χ3n) is 6.46. The summed E-state index contributed by atoms with van der Waals surface area (Å²) in [4.78, 5) is 11.9. The maximum absolute atomic E-state index is 11.9. The van der Waals surface area contributed by atoms with Crippen molar-refractivity contribution in [3.8, 4) is 17.6 Å². The predicted molar refractivity (Wildman–Crippen MR) is 137 cm³/mol. The van der Waals surface area contributed by atoms with Gasteiger partial charge in [-0.15, -0.1) is 5.92 Å². The van der Waals surface area contributed by atoms with Crippen molar-refractivity contribution < 1.29 is 14.3 Å². The highest BCUT2D eigenvalue weighted by Gasteiger charge is 2.37. The second kappa shape index (κ2) is 10.3. The van der Waals surface area contributed by atoms with Crippen molar-refractivity contribution in [1.82, 2.24) is 0 Å². The Kier molecular flexibility index (Phi) is 7.69. The van der Waals surface area contributed by atoms with Crippen LogP contribution in [0.3, 0.4) is 0 Å². The maximum Gasteiger partial charge on any atom is 0.338 e. The molecule has 3 nitrogen and oxygen atoms in total. The van der Waals surface area contributed by atoms with Gasteiger partial charge in [0.25, 0.3) is 0 Å². The number of hydrogen-bond acceptors (Lipinski definition) is 3. The minimum atomic E-state index is -0.295. The van der Waals surface area contributed by atoms with Crippen LogP contribution in [0.1, 0.15) is 93.4 Å². The molecule has 0 saturated heterocycles. The van der Waals surface area contributed by atoms with E-state index < -0.39 is 0 Å². The van der Waals surface area contributed by atoms with E-state index in [0.717, 1.165) is 36.1 Å². The summed E-state index contributed by atoms with van der Waals surface area (Å²) in [5.74, 6) is 6.74. The monoisotopic (exact) mass is 444 g/mol. The second-order valence-electron chi connectivity index (χ2n) is 9.87. The van der Waals surface area contributed by atoms with Gasteiger partial charge in [0.15, 0.2) is 0 Å². The molecule has 2 aromatic rings. The van der Waals surface area contributed by atoms with E-state index in [-0.39, 0.29) is 16.8 Å². The van der Waals surface area contributed by atoms with E-state index in [2.05, 4.69) is 63.8 Å². The van der Waals surface area contributed by atoms with Crippen LogP contribution < -0.4 is 4.74 Å². The second-order valence-corrected chi connectivity index (χ2v) is 9.87. The lowest BCUT2D eigenvalue weighted by atomic mass is 9.63. The molecule has 0 N–H and O–H groups in total. The molecule has 0 bridgehead atoms. The first kappa shape index (κ1) is 24.6. The molecule has 0 spiro atoms. The Morgan fingerprint density at radius 2 is 1.58 bits per heavy atom. The van der Waals surface area contributed by atoms with Gasteiger partial charge in [0.1, 0.15) is 12.4 Å². The first-order valence-electron chi connectivity index (χ1n) is 11.9. The highest BCUT2D eigenvalue weighted by molar-refractivity contribution is 5.89. The van der Waals surface area contributed by atoms with Crippen molar-refractivity contribution in [2.75, 3.05) is 13.2 Å². The Balaban J connectivity index is 1.97. The van der Waals surface area contributed by atoms with E-state index in [1.54, 1.807) is 12.1 Å². The molecule has 33 heavy (non-hydrogen) atoms. The first-order chi connectivity index (χ1) is 15.7. The van der Waals surface area contributed by atoms with Gasteiger partial charge < -0.3 is 9.47 Å². The van der Waals surface area contributed by atoms with E-state index in [9.17, 15) is 4.79 Å². The van der Waals surface area contributed by atoms with Crippen LogP contribution in [0.4, 0.5) is 0 Å². The Labute approximate surface area is 199 Å². The fraction of sp³-hybridized carbons (Fsp3) is 0.433. The number of ether oxygens (including phenoxy) is 2. The van der Waals surface area contributed by atoms with Crippen LogP contribution in [0.25, 0.3) is 12.2 Å². The molecule has 0 aromatic heterocycles. The molecule has 1 aliphatic carbocycles. The lowest BCUT2D eigenvalue weighted by molar-refractivity contribution is 0.0526. The highest BCUT2D eigenvalue weighted by atomic mass is 16.5. The predicted octanol–water partition coefficient (Wildman–Crippen LogP) is 7.17. The van der Waals surface area contributed by atoms with Crippen molar-refractivity contribution in [3.05, 3.63) is 64.2 Å². The highest BCUT2D eigenvalue weighted by Crippen LogP contribution is 2.47. The van der Waals surface area contributed by atoms with Gasteiger partial charge in [-0.1, -0.05) is 64.8 Å². The van der Waals surface area contributed by atoms with Crippen molar-refractivity contribution >= 4 is 18.1 Å². The van der Waals surface area contributed by atoms with Crippen molar-refractivity contribution in [1.29, 1.82) is 0 Å². The number of esters is 1. The largest absolute Gasteiger partial charge is 0.480 e. The van der Waals surface area contributed by atoms with Crippen LogP contribution in [0.2, 0.25) is 0 Å². The van der Waals surface area contributed by atoms with Crippen LogP contribution in [0.5, 0.6) is 5.75 Å². The molecule has 3 rings (SSSR count). The van der Waals surface area contributed by atoms with E-state index in [0.29, 0.717) is 18.8 Å². The molecule has 0 aliphatic heterocycles. The maximum atomic E-state index is 11.9. The minimum Gasteiger partial charge on any atom is -0.480 e. The molecule has 0 heterocycles. The summed E-state index contributed by atoms with van der Waals surface area (Å²) in [5.41, 5.74) is 5.62. The average Bonchev–Trinajstić information content (AvgIpc) is 2.79. The van der Waals surface area contributed by atoms with Crippen molar-refractivity contribution in [3.63, 3.8) is 0 Å². The molecular weight excluding hydrogens is 408 g/mol. The summed E-state index contributed by atoms with van der Waals surface area (Å²) in [6.07, 6.45) is 7.29. The normalized spacial score (nSPS) is 15.9. The fourth-order valence-corrected chi connectivity index (χ4v) is 4.29. The summed E-state index contributed by atoms with van der Waals surface area (Å²) >= 11 is 0. The number of hydrogen-bond donors (Lipinski definition) is 0. The Morgan fingerprint density at radius 1 is 0.939 bits per heavy atom. The zero-order valence-corrected chi connectivity index (χ0v) is 20.9. The van der Waals surface area contributed by atoms with Gasteiger partial charge in [0, 0.05) is 12.0 Å². The van der Waals surface area contributed by atoms with Crippen LogP contribution in [0.15, 0.2) is 36.4 Å². The van der Waals surface area contributed by atoms with Crippen LogP contribution >= 0.6 is 0 Å². The van der Waals surface area contributed by atoms with Gasteiger partial charge in [-0.05, 0) is 71.6 Å². The molecule has 0 fully saturated rings. The molecule has 0 atom stereocenters. The van der Waals surface area contributed by atoms with E-state index in [4.69, 9.17) is 9.47 Å². The van der Waals surface area contributed by atoms with Crippen molar-refractivity contribution in [2.45, 2.75) is 71.6 Å². The molecule has 0 saturated carbocycles. The smallest absolute Gasteiger partial charge is 0.338 e. The van der Waals surface area contributed by atoms with Gasteiger partial charge in [-0.2, -0.15) is 0 Å². The molecule has 0 radical (unpaired) electrons. The molecule has 0 unspecified atom stereocenters.